The number of ether oxygens (including phenoxy) is 2. The largest absolute Gasteiger partial charge is 0.381 e. The first-order valence-corrected chi connectivity index (χ1v) is 10.3. The molecule has 7 nitrogen and oxygen atoms in total. The van der Waals surface area contributed by atoms with Crippen LogP contribution in [0.25, 0.3) is 0 Å². The second kappa shape index (κ2) is 13.6. The van der Waals surface area contributed by atoms with Crippen LogP contribution in [0.5, 0.6) is 0 Å². The summed E-state index contributed by atoms with van der Waals surface area (Å²) < 4.78 is 11.1. The van der Waals surface area contributed by atoms with Crippen molar-refractivity contribution < 1.29 is 14.3 Å². The maximum atomic E-state index is 12.1. The van der Waals surface area contributed by atoms with E-state index in [1.165, 1.54) is 0 Å². The number of amides is 1. The van der Waals surface area contributed by atoms with Gasteiger partial charge >= 0.3 is 0 Å². The SMILES string of the molecule is C#Cc1cccc(NC(=O)CN=C(NCC)NCCCOCC2CCOCC2)c1. The van der Waals surface area contributed by atoms with Gasteiger partial charge < -0.3 is 25.4 Å². The van der Waals surface area contributed by atoms with E-state index in [0.717, 1.165) is 57.7 Å². The van der Waals surface area contributed by atoms with Gasteiger partial charge in [0.05, 0.1) is 0 Å². The Hall–Kier alpha value is -2.56. The molecule has 1 aliphatic heterocycles. The number of anilines is 1. The van der Waals surface area contributed by atoms with Gasteiger partial charge in [-0.25, -0.2) is 4.99 Å². The quantitative estimate of drug-likeness (QED) is 0.242. The lowest BCUT2D eigenvalue weighted by molar-refractivity contribution is -0.114. The van der Waals surface area contributed by atoms with Crippen molar-refractivity contribution in [2.45, 2.75) is 26.2 Å². The number of carbonyl (C=O) groups excluding carboxylic acids is 1. The molecule has 0 aliphatic carbocycles. The van der Waals surface area contributed by atoms with Crippen LogP contribution in [-0.2, 0) is 14.3 Å². The molecular weight excluding hydrogens is 368 g/mol. The minimum atomic E-state index is -0.198. The van der Waals surface area contributed by atoms with E-state index < -0.39 is 0 Å². The van der Waals surface area contributed by atoms with Crippen molar-refractivity contribution in [3.8, 4) is 12.3 Å². The Morgan fingerprint density at radius 1 is 1.34 bits per heavy atom. The highest BCUT2D eigenvalue weighted by Crippen LogP contribution is 2.14. The topological polar surface area (TPSA) is 84.0 Å². The number of benzene rings is 1. The fourth-order valence-electron chi connectivity index (χ4n) is 2.92. The summed E-state index contributed by atoms with van der Waals surface area (Å²) in [6.07, 6.45) is 8.43. The number of hydrogen-bond donors (Lipinski definition) is 3. The molecule has 0 atom stereocenters. The molecule has 1 heterocycles. The summed E-state index contributed by atoms with van der Waals surface area (Å²) in [5.41, 5.74) is 1.39. The Morgan fingerprint density at radius 3 is 2.93 bits per heavy atom. The minimum Gasteiger partial charge on any atom is -0.381 e. The average Bonchev–Trinajstić information content (AvgIpc) is 2.75. The van der Waals surface area contributed by atoms with Crippen molar-refractivity contribution >= 4 is 17.6 Å². The number of aliphatic imine (C=N–C) groups is 1. The zero-order valence-corrected chi connectivity index (χ0v) is 17.2. The number of terminal acetylenes is 1. The molecule has 1 fully saturated rings. The van der Waals surface area contributed by atoms with Crippen LogP contribution in [0.4, 0.5) is 5.69 Å². The number of rotatable bonds is 10. The predicted molar refractivity (Wildman–Crippen MR) is 116 cm³/mol. The highest BCUT2D eigenvalue weighted by molar-refractivity contribution is 5.94. The normalized spacial score (nSPS) is 14.8. The molecule has 1 aromatic rings. The van der Waals surface area contributed by atoms with Crippen LogP contribution < -0.4 is 16.0 Å². The molecule has 0 spiro atoms. The van der Waals surface area contributed by atoms with Gasteiger partial charge in [0.25, 0.3) is 0 Å². The minimum absolute atomic E-state index is 0.0237. The van der Waals surface area contributed by atoms with Gasteiger partial charge in [-0.3, -0.25) is 4.79 Å². The van der Waals surface area contributed by atoms with E-state index in [-0.39, 0.29) is 12.5 Å². The van der Waals surface area contributed by atoms with Gasteiger partial charge in [0.1, 0.15) is 6.54 Å². The molecule has 1 aromatic carbocycles. The molecular formula is C22H32N4O3. The van der Waals surface area contributed by atoms with Crippen molar-refractivity contribution in [3.05, 3.63) is 29.8 Å². The summed E-state index contributed by atoms with van der Waals surface area (Å²) >= 11 is 0. The monoisotopic (exact) mass is 400 g/mol. The van der Waals surface area contributed by atoms with Crippen molar-refractivity contribution in [2.24, 2.45) is 10.9 Å². The number of hydrogen-bond acceptors (Lipinski definition) is 4. The van der Waals surface area contributed by atoms with Crippen molar-refractivity contribution in [1.29, 1.82) is 0 Å². The molecule has 0 bridgehead atoms. The molecule has 0 unspecified atom stereocenters. The van der Waals surface area contributed by atoms with E-state index in [0.29, 0.717) is 24.2 Å². The Morgan fingerprint density at radius 2 is 2.17 bits per heavy atom. The Labute approximate surface area is 173 Å². The molecule has 0 saturated carbocycles. The lowest BCUT2D eigenvalue weighted by Gasteiger charge is -2.21. The molecule has 1 aliphatic rings. The molecule has 29 heavy (non-hydrogen) atoms. The van der Waals surface area contributed by atoms with Gasteiger partial charge in [0.15, 0.2) is 5.96 Å². The Bertz CT molecular complexity index is 694. The third-order valence-corrected chi connectivity index (χ3v) is 4.49. The van der Waals surface area contributed by atoms with Gasteiger partial charge in [0, 0.05) is 50.8 Å². The van der Waals surface area contributed by atoms with Crippen LogP contribution in [-0.4, -0.2) is 57.9 Å². The van der Waals surface area contributed by atoms with Crippen LogP contribution >= 0.6 is 0 Å². The van der Waals surface area contributed by atoms with Crippen LogP contribution in [0.3, 0.4) is 0 Å². The highest BCUT2D eigenvalue weighted by Gasteiger charge is 2.13. The summed E-state index contributed by atoms with van der Waals surface area (Å²) in [4.78, 5) is 16.5. The molecule has 7 heteroatoms. The third-order valence-electron chi connectivity index (χ3n) is 4.49. The molecule has 1 amide bonds. The van der Waals surface area contributed by atoms with Crippen LogP contribution in [0.2, 0.25) is 0 Å². The Balaban J connectivity index is 1.65. The van der Waals surface area contributed by atoms with Crippen LogP contribution in [0, 0.1) is 18.3 Å². The van der Waals surface area contributed by atoms with Crippen molar-refractivity contribution in [1.82, 2.24) is 10.6 Å². The number of guanidine groups is 1. The standard InChI is InChI=1S/C22H32N4O3/c1-3-18-7-5-8-20(15-18)26-21(27)16-25-22(23-4-2)24-11-6-12-29-17-19-9-13-28-14-10-19/h1,5,7-8,15,19H,4,6,9-14,16-17H2,2H3,(H,26,27)(H2,23,24,25). The molecule has 1 saturated heterocycles. The van der Waals surface area contributed by atoms with E-state index >= 15 is 0 Å². The first-order chi connectivity index (χ1) is 14.2. The number of nitrogens with one attached hydrogen (secondary N) is 3. The molecule has 0 radical (unpaired) electrons. The first kappa shape index (κ1) is 22.7. The maximum Gasteiger partial charge on any atom is 0.246 e. The average molecular weight is 401 g/mol. The lowest BCUT2D eigenvalue weighted by Crippen LogP contribution is -2.38. The van der Waals surface area contributed by atoms with Crippen molar-refractivity contribution in [2.75, 3.05) is 51.4 Å². The Kier molecular flexibility index (Phi) is 10.6. The first-order valence-electron chi connectivity index (χ1n) is 10.3. The summed E-state index contributed by atoms with van der Waals surface area (Å²) in [5.74, 6) is 3.59. The van der Waals surface area contributed by atoms with E-state index in [1.54, 1.807) is 12.1 Å². The lowest BCUT2D eigenvalue weighted by atomic mass is 10.0. The van der Waals surface area contributed by atoms with E-state index in [4.69, 9.17) is 15.9 Å². The fraction of sp³-hybridized carbons (Fsp3) is 0.545. The number of nitrogens with zero attached hydrogens (tertiary/aromatic N) is 1. The summed E-state index contributed by atoms with van der Waals surface area (Å²) in [6.45, 7) is 6.66. The van der Waals surface area contributed by atoms with E-state index in [2.05, 4.69) is 26.9 Å². The fourth-order valence-corrected chi connectivity index (χ4v) is 2.92. The molecule has 158 valence electrons. The smallest absolute Gasteiger partial charge is 0.246 e. The summed E-state index contributed by atoms with van der Waals surface area (Å²) in [7, 11) is 0. The predicted octanol–water partition coefficient (Wildman–Crippen LogP) is 1.99. The zero-order valence-electron chi connectivity index (χ0n) is 17.2. The molecule has 3 N–H and O–H groups in total. The van der Waals surface area contributed by atoms with Gasteiger partial charge in [-0.15, -0.1) is 6.42 Å². The second-order valence-corrected chi connectivity index (χ2v) is 6.88. The number of carbonyl (C=O) groups is 1. The van der Waals surface area contributed by atoms with Crippen molar-refractivity contribution in [3.63, 3.8) is 0 Å². The summed E-state index contributed by atoms with van der Waals surface area (Å²) in [5, 5.41) is 9.17. The van der Waals surface area contributed by atoms with Crippen LogP contribution in [0.15, 0.2) is 29.3 Å². The van der Waals surface area contributed by atoms with Gasteiger partial charge in [-0.2, -0.15) is 0 Å². The van der Waals surface area contributed by atoms with Crippen LogP contribution in [0.1, 0.15) is 31.7 Å². The maximum absolute atomic E-state index is 12.1. The van der Waals surface area contributed by atoms with Gasteiger partial charge in [-0.1, -0.05) is 12.0 Å². The summed E-state index contributed by atoms with van der Waals surface area (Å²) in [6, 6.07) is 7.18. The van der Waals surface area contributed by atoms with E-state index in [1.807, 2.05) is 19.1 Å². The third kappa shape index (κ3) is 9.46. The molecule has 0 aromatic heterocycles. The highest BCUT2D eigenvalue weighted by atomic mass is 16.5. The van der Waals surface area contributed by atoms with Gasteiger partial charge in [-0.05, 0) is 50.3 Å². The molecule has 2 rings (SSSR count). The second-order valence-electron chi connectivity index (χ2n) is 6.88. The van der Waals surface area contributed by atoms with Gasteiger partial charge in [0.2, 0.25) is 5.91 Å². The zero-order chi connectivity index (χ0) is 20.7. The van der Waals surface area contributed by atoms with E-state index in [9.17, 15) is 4.79 Å².